The molecule has 1 amide bonds. The maximum absolute atomic E-state index is 12.8. The second-order valence-corrected chi connectivity index (χ2v) is 10.1. The molecule has 1 fully saturated rings. The number of imidazole rings is 1. The van der Waals surface area contributed by atoms with Gasteiger partial charge in [0.25, 0.3) is 0 Å². The molecule has 2 unspecified atom stereocenters. The maximum atomic E-state index is 12.8. The van der Waals surface area contributed by atoms with Crippen molar-refractivity contribution < 1.29 is 13.2 Å². The van der Waals surface area contributed by atoms with E-state index in [1.54, 1.807) is 4.90 Å². The van der Waals surface area contributed by atoms with Crippen molar-refractivity contribution in [2.45, 2.75) is 43.6 Å². The third-order valence-electron chi connectivity index (χ3n) is 4.52. The third kappa shape index (κ3) is 4.00. The van der Waals surface area contributed by atoms with Crippen LogP contribution in [0.3, 0.4) is 0 Å². The fraction of sp³-hybridized carbons (Fsp3) is 0.529. The topological polar surface area (TPSA) is 83.1 Å². The van der Waals surface area contributed by atoms with E-state index in [-0.39, 0.29) is 28.7 Å². The lowest BCUT2D eigenvalue weighted by molar-refractivity contribution is -0.131. The standard InChI is InChI=1S/C17H23N3O3S2/c1-4-20(13-7-8-25(22,23)10-13)16(21)12(3)24-17-18-14-6-5-11(2)9-15(14)19-17/h5-6,9,12-13H,4,7-8,10H2,1-3H3,(H,18,19). The second kappa shape index (κ2) is 6.99. The Labute approximate surface area is 152 Å². The average molecular weight is 382 g/mol. The number of rotatable bonds is 5. The molecule has 0 aliphatic carbocycles. The van der Waals surface area contributed by atoms with Crippen molar-refractivity contribution in [3.63, 3.8) is 0 Å². The Morgan fingerprint density at radius 3 is 2.88 bits per heavy atom. The molecule has 2 atom stereocenters. The van der Waals surface area contributed by atoms with Gasteiger partial charge in [-0.1, -0.05) is 17.8 Å². The van der Waals surface area contributed by atoms with E-state index < -0.39 is 9.84 Å². The predicted molar refractivity (Wildman–Crippen MR) is 101 cm³/mol. The number of aromatic nitrogens is 2. The van der Waals surface area contributed by atoms with Gasteiger partial charge in [-0.3, -0.25) is 4.79 Å². The first-order valence-corrected chi connectivity index (χ1v) is 11.1. The number of hydrogen-bond donors (Lipinski definition) is 1. The quantitative estimate of drug-likeness (QED) is 0.804. The number of aromatic amines is 1. The van der Waals surface area contributed by atoms with Crippen LogP contribution in [-0.4, -0.2) is 58.5 Å². The van der Waals surface area contributed by atoms with Crippen molar-refractivity contribution >= 4 is 38.5 Å². The fourth-order valence-electron chi connectivity index (χ4n) is 3.22. The van der Waals surface area contributed by atoms with Crippen LogP contribution >= 0.6 is 11.8 Å². The van der Waals surface area contributed by atoms with Crippen molar-refractivity contribution in [1.82, 2.24) is 14.9 Å². The molecule has 0 spiro atoms. The van der Waals surface area contributed by atoms with Crippen LogP contribution in [0.5, 0.6) is 0 Å². The van der Waals surface area contributed by atoms with E-state index in [4.69, 9.17) is 0 Å². The Morgan fingerprint density at radius 2 is 2.24 bits per heavy atom. The molecule has 0 bridgehead atoms. The number of carbonyl (C=O) groups excluding carboxylic acids is 1. The van der Waals surface area contributed by atoms with Crippen molar-refractivity contribution in [3.05, 3.63) is 23.8 Å². The molecule has 2 heterocycles. The van der Waals surface area contributed by atoms with Crippen LogP contribution in [-0.2, 0) is 14.6 Å². The Balaban J connectivity index is 1.72. The van der Waals surface area contributed by atoms with E-state index >= 15 is 0 Å². The molecule has 2 aromatic rings. The smallest absolute Gasteiger partial charge is 0.236 e. The molecule has 0 saturated carbocycles. The Bertz CT molecular complexity index is 892. The van der Waals surface area contributed by atoms with Gasteiger partial charge in [-0.2, -0.15) is 0 Å². The molecule has 1 saturated heterocycles. The fourth-order valence-corrected chi connectivity index (χ4v) is 5.84. The number of amides is 1. The van der Waals surface area contributed by atoms with Gasteiger partial charge >= 0.3 is 0 Å². The zero-order valence-corrected chi connectivity index (χ0v) is 16.3. The van der Waals surface area contributed by atoms with Crippen LogP contribution in [0.15, 0.2) is 23.4 Å². The van der Waals surface area contributed by atoms with Crippen molar-refractivity contribution in [3.8, 4) is 0 Å². The maximum Gasteiger partial charge on any atom is 0.236 e. The highest BCUT2D eigenvalue weighted by molar-refractivity contribution is 8.00. The summed E-state index contributed by atoms with van der Waals surface area (Å²) in [4.78, 5) is 22.3. The highest BCUT2D eigenvalue weighted by atomic mass is 32.2. The molecule has 1 aromatic heterocycles. The van der Waals surface area contributed by atoms with E-state index in [1.807, 2.05) is 39.0 Å². The van der Waals surface area contributed by atoms with Crippen LogP contribution < -0.4 is 0 Å². The summed E-state index contributed by atoms with van der Waals surface area (Å²) in [5.74, 6) is 0.214. The lowest BCUT2D eigenvalue weighted by Gasteiger charge is -2.29. The minimum Gasteiger partial charge on any atom is -0.338 e. The lowest BCUT2D eigenvalue weighted by atomic mass is 10.2. The minimum absolute atomic E-state index is 0.0359. The summed E-state index contributed by atoms with van der Waals surface area (Å²) in [5.41, 5.74) is 2.98. The number of nitrogens with one attached hydrogen (secondary N) is 1. The van der Waals surface area contributed by atoms with Gasteiger partial charge in [-0.25, -0.2) is 13.4 Å². The molecule has 3 rings (SSSR count). The van der Waals surface area contributed by atoms with Crippen LogP contribution in [0, 0.1) is 6.92 Å². The molecule has 8 heteroatoms. The van der Waals surface area contributed by atoms with E-state index in [0.717, 1.165) is 16.6 Å². The van der Waals surface area contributed by atoms with Crippen LogP contribution in [0.25, 0.3) is 11.0 Å². The second-order valence-electron chi connectivity index (χ2n) is 6.50. The lowest BCUT2D eigenvalue weighted by Crippen LogP contribution is -2.44. The molecule has 1 aliphatic rings. The Kier molecular flexibility index (Phi) is 5.11. The molecular formula is C17H23N3O3S2. The van der Waals surface area contributed by atoms with E-state index in [0.29, 0.717) is 18.1 Å². The van der Waals surface area contributed by atoms with Gasteiger partial charge in [0.05, 0.1) is 27.8 Å². The molecule has 1 aromatic carbocycles. The summed E-state index contributed by atoms with van der Waals surface area (Å²) in [7, 11) is -3.01. The first-order valence-electron chi connectivity index (χ1n) is 8.43. The number of sulfone groups is 1. The van der Waals surface area contributed by atoms with Gasteiger partial charge in [-0.15, -0.1) is 0 Å². The van der Waals surface area contributed by atoms with Gasteiger partial charge in [-0.05, 0) is 44.9 Å². The average Bonchev–Trinajstić information content (AvgIpc) is 3.09. The summed E-state index contributed by atoms with van der Waals surface area (Å²) >= 11 is 1.38. The number of fused-ring (bicyclic) bond motifs is 1. The number of H-pyrrole nitrogens is 1. The minimum atomic E-state index is -3.01. The number of hydrogen-bond acceptors (Lipinski definition) is 5. The first kappa shape index (κ1) is 18.3. The molecule has 1 aliphatic heterocycles. The highest BCUT2D eigenvalue weighted by Crippen LogP contribution is 2.27. The molecule has 6 nitrogen and oxygen atoms in total. The zero-order chi connectivity index (χ0) is 18.2. The molecular weight excluding hydrogens is 358 g/mol. The summed E-state index contributed by atoms with van der Waals surface area (Å²) in [5, 5.41) is 0.376. The number of thioether (sulfide) groups is 1. The van der Waals surface area contributed by atoms with E-state index in [1.165, 1.54) is 11.8 Å². The molecule has 136 valence electrons. The summed E-state index contributed by atoms with van der Waals surface area (Å²) in [6.45, 7) is 6.28. The SMILES string of the molecule is CCN(C(=O)C(C)Sc1nc2ccc(C)cc2[nH]1)C1CCS(=O)(=O)C1. The largest absolute Gasteiger partial charge is 0.338 e. The van der Waals surface area contributed by atoms with Gasteiger partial charge in [0, 0.05) is 12.6 Å². The van der Waals surface area contributed by atoms with Gasteiger partial charge in [0.15, 0.2) is 15.0 Å². The van der Waals surface area contributed by atoms with Crippen LogP contribution in [0.4, 0.5) is 0 Å². The van der Waals surface area contributed by atoms with E-state index in [9.17, 15) is 13.2 Å². The Hall–Kier alpha value is -1.54. The number of nitrogens with zero attached hydrogens (tertiary/aromatic N) is 2. The van der Waals surface area contributed by atoms with Gasteiger partial charge in [0.2, 0.25) is 5.91 Å². The van der Waals surface area contributed by atoms with Crippen molar-refractivity contribution in [2.24, 2.45) is 0 Å². The van der Waals surface area contributed by atoms with Crippen molar-refractivity contribution in [1.29, 1.82) is 0 Å². The summed E-state index contributed by atoms with van der Waals surface area (Å²) in [6.07, 6.45) is 0.531. The summed E-state index contributed by atoms with van der Waals surface area (Å²) < 4.78 is 23.4. The monoisotopic (exact) mass is 381 g/mol. The van der Waals surface area contributed by atoms with Crippen LogP contribution in [0.2, 0.25) is 0 Å². The van der Waals surface area contributed by atoms with E-state index in [2.05, 4.69) is 9.97 Å². The first-order chi connectivity index (χ1) is 11.8. The van der Waals surface area contributed by atoms with Crippen molar-refractivity contribution in [2.75, 3.05) is 18.1 Å². The molecule has 0 radical (unpaired) electrons. The van der Waals surface area contributed by atoms with Gasteiger partial charge < -0.3 is 9.88 Å². The number of benzene rings is 1. The molecule has 1 N–H and O–H groups in total. The number of aryl methyl sites for hydroxylation is 1. The predicted octanol–water partition coefficient (Wildman–Crippen LogP) is 2.39. The van der Waals surface area contributed by atoms with Gasteiger partial charge in [0.1, 0.15) is 0 Å². The normalized spacial score (nSPS) is 20.7. The summed E-state index contributed by atoms with van der Waals surface area (Å²) in [6, 6.07) is 5.79. The molecule has 25 heavy (non-hydrogen) atoms. The van der Waals surface area contributed by atoms with Crippen LogP contribution in [0.1, 0.15) is 25.8 Å². The number of carbonyl (C=O) groups is 1. The zero-order valence-electron chi connectivity index (χ0n) is 14.7. The third-order valence-corrected chi connectivity index (χ3v) is 7.25. The highest BCUT2D eigenvalue weighted by Gasteiger charge is 2.35. The Morgan fingerprint density at radius 1 is 1.48 bits per heavy atom.